The van der Waals surface area contributed by atoms with Gasteiger partial charge in [-0.05, 0) is 25.1 Å². The molecule has 1 aromatic carbocycles. The average Bonchev–Trinajstić information content (AvgIpc) is 2.64. The van der Waals surface area contributed by atoms with E-state index in [-0.39, 0.29) is 6.54 Å². The number of hydrogen-bond acceptors (Lipinski definition) is 6. The number of para-hydroxylation sites is 1. The number of H-pyrrole nitrogens is 1. The molecule has 2 aromatic rings. The highest BCUT2D eigenvalue weighted by atomic mass is 32.1. The van der Waals surface area contributed by atoms with Crippen LogP contribution in [0.3, 0.4) is 0 Å². The number of nitrogens with zero attached hydrogens (tertiary/aromatic N) is 1. The van der Waals surface area contributed by atoms with Crippen LogP contribution in [0.2, 0.25) is 0 Å². The van der Waals surface area contributed by atoms with Gasteiger partial charge in [0.1, 0.15) is 16.5 Å². The summed E-state index contributed by atoms with van der Waals surface area (Å²) in [4.78, 5) is 41.9. The van der Waals surface area contributed by atoms with E-state index >= 15 is 0 Å². The number of ether oxygens (including phenoxy) is 1. The summed E-state index contributed by atoms with van der Waals surface area (Å²) in [7, 11) is 1.23. The lowest BCUT2D eigenvalue weighted by Crippen LogP contribution is -2.44. The smallest absolute Gasteiger partial charge is 0.328 e. The van der Waals surface area contributed by atoms with Crippen LogP contribution in [0.25, 0.3) is 17.0 Å². The maximum absolute atomic E-state index is 11.8. The predicted molar refractivity (Wildman–Crippen MR) is 98.6 cm³/mol. The van der Waals surface area contributed by atoms with E-state index in [2.05, 4.69) is 25.3 Å². The first kappa shape index (κ1) is 19.3. The minimum Gasteiger partial charge on any atom is -0.467 e. The third-order valence-electron chi connectivity index (χ3n) is 3.39. The fourth-order valence-corrected chi connectivity index (χ4v) is 2.38. The number of carbonyl (C=O) groups excluding carboxylic acids is 3. The number of esters is 1. The molecule has 2 amide bonds. The number of methoxy groups -OCH3 is 1. The zero-order valence-electron chi connectivity index (χ0n) is 14.2. The van der Waals surface area contributed by atoms with Crippen molar-refractivity contribution in [3.05, 3.63) is 40.8 Å². The third kappa shape index (κ3) is 5.21. The van der Waals surface area contributed by atoms with Crippen molar-refractivity contribution in [1.82, 2.24) is 20.6 Å². The van der Waals surface area contributed by atoms with Crippen LogP contribution in [0.15, 0.2) is 30.3 Å². The molecule has 0 saturated heterocycles. The molecule has 0 aliphatic heterocycles. The number of carbonyl (C=O) groups is 3. The Hall–Kier alpha value is -3.07. The van der Waals surface area contributed by atoms with Crippen molar-refractivity contribution >= 4 is 47.0 Å². The van der Waals surface area contributed by atoms with Crippen LogP contribution in [0.1, 0.15) is 12.7 Å². The Morgan fingerprint density at radius 2 is 2.08 bits per heavy atom. The van der Waals surface area contributed by atoms with Gasteiger partial charge in [0.05, 0.1) is 13.7 Å². The summed E-state index contributed by atoms with van der Waals surface area (Å²) < 4.78 is 4.92. The van der Waals surface area contributed by atoms with Crippen molar-refractivity contribution in [2.75, 3.05) is 13.7 Å². The number of benzene rings is 1. The highest BCUT2D eigenvalue weighted by Gasteiger charge is 2.15. The molecular weight excluding hydrogens is 356 g/mol. The molecule has 0 spiro atoms. The molecule has 1 aromatic heterocycles. The lowest BCUT2D eigenvalue weighted by atomic mass is 10.2. The molecule has 0 aliphatic carbocycles. The molecule has 0 fully saturated rings. The summed E-state index contributed by atoms with van der Waals surface area (Å²) in [5, 5.41) is 5.63. The molecule has 1 atom stereocenters. The second-order valence-corrected chi connectivity index (χ2v) is 5.72. The van der Waals surface area contributed by atoms with Crippen molar-refractivity contribution < 1.29 is 19.1 Å². The minimum absolute atomic E-state index is 0.272. The Morgan fingerprint density at radius 3 is 2.81 bits per heavy atom. The minimum atomic E-state index is -0.790. The maximum atomic E-state index is 11.8. The van der Waals surface area contributed by atoms with Gasteiger partial charge in [0, 0.05) is 17.0 Å². The summed E-state index contributed by atoms with van der Waals surface area (Å²) in [6.45, 7) is 1.21. The normalized spacial score (nSPS) is 11.9. The highest BCUT2D eigenvalue weighted by Crippen LogP contribution is 2.12. The Labute approximate surface area is 154 Å². The number of aromatic nitrogens is 2. The fraction of sp³-hybridized carbons (Fsp3) is 0.235. The number of nitrogens with one attached hydrogen (secondary N) is 3. The molecule has 0 saturated carbocycles. The van der Waals surface area contributed by atoms with E-state index in [9.17, 15) is 14.4 Å². The maximum Gasteiger partial charge on any atom is 0.328 e. The zero-order valence-corrected chi connectivity index (χ0v) is 15.1. The SMILES string of the molecule is COC(=O)C(C)NC(=O)CNC(=O)/C=C/c1nc(=S)c2ccccc2[nH]1. The van der Waals surface area contributed by atoms with Gasteiger partial charge in [-0.1, -0.05) is 24.4 Å². The summed E-state index contributed by atoms with van der Waals surface area (Å²) in [5.41, 5.74) is 0.809. The third-order valence-corrected chi connectivity index (χ3v) is 3.70. The van der Waals surface area contributed by atoms with Crippen LogP contribution in [0.4, 0.5) is 0 Å². The first-order valence-electron chi connectivity index (χ1n) is 7.73. The lowest BCUT2D eigenvalue weighted by molar-refractivity contribution is -0.144. The van der Waals surface area contributed by atoms with Gasteiger partial charge in [0.2, 0.25) is 11.8 Å². The fourth-order valence-electron chi connectivity index (χ4n) is 2.10. The Morgan fingerprint density at radius 1 is 1.35 bits per heavy atom. The van der Waals surface area contributed by atoms with E-state index in [0.717, 1.165) is 10.9 Å². The van der Waals surface area contributed by atoms with E-state index in [1.165, 1.54) is 26.2 Å². The number of fused-ring (bicyclic) bond motifs is 1. The Kier molecular flexibility index (Phi) is 6.56. The van der Waals surface area contributed by atoms with Crippen LogP contribution < -0.4 is 10.6 Å². The van der Waals surface area contributed by atoms with Crippen molar-refractivity contribution in [3.63, 3.8) is 0 Å². The predicted octanol–water partition coefficient (Wildman–Crippen LogP) is 1.10. The van der Waals surface area contributed by atoms with E-state index in [4.69, 9.17) is 12.2 Å². The number of amides is 2. The highest BCUT2D eigenvalue weighted by molar-refractivity contribution is 7.71. The number of aromatic amines is 1. The largest absolute Gasteiger partial charge is 0.467 e. The summed E-state index contributed by atoms with van der Waals surface area (Å²) in [6, 6.07) is 6.65. The summed E-state index contributed by atoms with van der Waals surface area (Å²) in [6.07, 6.45) is 2.70. The van der Waals surface area contributed by atoms with Crippen LogP contribution in [0.5, 0.6) is 0 Å². The van der Waals surface area contributed by atoms with Gasteiger partial charge in [-0.15, -0.1) is 0 Å². The van der Waals surface area contributed by atoms with Crippen LogP contribution in [-0.4, -0.2) is 47.4 Å². The standard InChI is InChI=1S/C17H18N4O4S/c1-10(17(24)25-2)19-15(23)9-18-14(22)8-7-13-20-12-6-4-3-5-11(12)16(26)21-13/h3-8,10H,9H2,1-2H3,(H,18,22)(H,19,23)(H,20,21,26)/b8-7+. The molecule has 136 valence electrons. The van der Waals surface area contributed by atoms with Crippen molar-refractivity contribution in [2.45, 2.75) is 13.0 Å². The molecule has 9 heteroatoms. The molecule has 0 radical (unpaired) electrons. The molecule has 1 unspecified atom stereocenters. The topological polar surface area (TPSA) is 113 Å². The molecule has 0 aliphatic rings. The van der Waals surface area contributed by atoms with Crippen molar-refractivity contribution in [3.8, 4) is 0 Å². The Balaban J connectivity index is 1.92. The van der Waals surface area contributed by atoms with Crippen molar-refractivity contribution in [2.24, 2.45) is 0 Å². The van der Waals surface area contributed by atoms with Crippen molar-refractivity contribution in [1.29, 1.82) is 0 Å². The van der Waals surface area contributed by atoms with E-state index in [1.807, 2.05) is 24.3 Å². The van der Waals surface area contributed by atoms with Gasteiger partial charge < -0.3 is 20.4 Å². The van der Waals surface area contributed by atoms with Crippen LogP contribution in [0, 0.1) is 4.64 Å². The summed E-state index contributed by atoms with van der Waals surface area (Å²) in [5.74, 6) is -1.14. The number of hydrogen-bond donors (Lipinski definition) is 3. The molecular formula is C17H18N4O4S. The monoisotopic (exact) mass is 374 g/mol. The van der Waals surface area contributed by atoms with Gasteiger partial charge >= 0.3 is 5.97 Å². The molecule has 1 heterocycles. The van der Waals surface area contributed by atoms with Crippen LogP contribution in [-0.2, 0) is 19.1 Å². The molecule has 0 bridgehead atoms. The second kappa shape index (κ2) is 8.86. The van der Waals surface area contributed by atoms with Gasteiger partial charge in [0.25, 0.3) is 0 Å². The van der Waals surface area contributed by atoms with E-state index < -0.39 is 23.8 Å². The van der Waals surface area contributed by atoms with Gasteiger partial charge in [0.15, 0.2) is 0 Å². The van der Waals surface area contributed by atoms with Gasteiger partial charge in [-0.25, -0.2) is 9.78 Å². The second-order valence-electron chi connectivity index (χ2n) is 5.34. The van der Waals surface area contributed by atoms with E-state index in [0.29, 0.717) is 10.5 Å². The average molecular weight is 374 g/mol. The molecule has 8 nitrogen and oxygen atoms in total. The lowest BCUT2D eigenvalue weighted by Gasteiger charge is -2.11. The molecule has 2 rings (SSSR count). The molecule has 26 heavy (non-hydrogen) atoms. The summed E-state index contributed by atoms with van der Waals surface area (Å²) >= 11 is 5.22. The molecule has 3 N–H and O–H groups in total. The number of rotatable bonds is 6. The zero-order chi connectivity index (χ0) is 19.1. The van der Waals surface area contributed by atoms with Gasteiger partial charge in [-0.2, -0.15) is 0 Å². The van der Waals surface area contributed by atoms with E-state index in [1.54, 1.807) is 0 Å². The quantitative estimate of drug-likeness (QED) is 0.396. The first-order valence-corrected chi connectivity index (χ1v) is 8.13. The van der Waals surface area contributed by atoms with Crippen LogP contribution >= 0.6 is 12.2 Å². The first-order chi connectivity index (χ1) is 12.4. The Bertz CT molecular complexity index is 922. The van der Waals surface area contributed by atoms with Gasteiger partial charge in [-0.3, -0.25) is 9.59 Å².